The van der Waals surface area contributed by atoms with E-state index < -0.39 is 9.84 Å². The maximum atomic E-state index is 12.1. The molecule has 1 fully saturated rings. The van der Waals surface area contributed by atoms with E-state index in [1.54, 1.807) is 0 Å². The summed E-state index contributed by atoms with van der Waals surface area (Å²) in [6.45, 7) is 4.09. The fourth-order valence-corrected chi connectivity index (χ4v) is 4.69. The molecule has 1 rings (SSSR count). The van der Waals surface area contributed by atoms with Crippen LogP contribution < -0.4 is 5.73 Å². The molecule has 1 aliphatic carbocycles. The smallest absolute Gasteiger partial charge is 0.154 e. The molecule has 1 saturated carbocycles. The SMILES string of the molecule is CCC(N)CS(=O)(=O)C1CCCC(CC)C1. The molecule has 1 aliphatic rings. The number of nitrogens with two attached hydrogens (primary N) is 1. The van der Waals surface area contributed by atoms with Crippen molar-refractivity contribution in [3.63, 3.8) is 0 Å². The monoisotopic (exact) mass is 247 g/mol. The molecule has 3 unspecified atom stereocenters. The van der Waals surface area contributed by atoms with Crippen LogP contribution in [0.1, 0.15) is 52.4 Å². The van der Waals surface area contributed by atoms with Crippen molar-refractivity contribution in [1.29, 1.82) is 0 Å². The van der Waals surface area contributed by atoms with E-state index in [0.717, 1.165) is 32.1 Å². The van der Waals surface area contributed by atoms with Gasteiger partial charge in [-0.1, -0.05) is 33.1 Å². The molecule has 0 saturated heterocycles. The van der Waals surface area contributed by atoms with E-state index in [4.69, 9.17) is 5.73 Å². The molecule has 0 heterocycles. The van der Waals surface area contributed by atoms with Crippen molar-refractivity contribution in [2.24, 2.45) is 11.7 Å². The Kier molecular flexibility index (Phi) is 5.25. The van der Waals surface area contributed by atoms with Crippen LogP contribution in [-0.4, -0.2) is 25.5 Å². The van der Waals surface area contributed by atoms with Gasteiger partial charge in [-0.05, 0) is 25.2 Å². The molecule has 3 nitrogen and oxygen atoms in total. The highest BCUT2D eigenvalue weighted by Gasteiger charge is 2.31. The van der Waals surface area contributed by atoms with Gasteiger partial charge < -0.3 is 5.73 Å². The molecule has 0 amide bonds. The maximum absolute atomic E-state index is 12.1. The van der Waals surface area contributed by atoms with Crippen molar-refractivity contribution in [2.45, 2.75) is 63.7 Å². The second kappa shape index (κ2) is 6.01. The highest BCUT2D eigenvalue weighted by atomic mass is 32.2. The van der Waals surface area contributed by atoms with E-state index in [-0.39, 0.29) is 17.0 Å². The molecular formula is C12H25NO2S. The van der Waals surface area contributed by atoms with Gasteiger partial charge in [-0.2, -0.15) is 0 Å². The number of hydrogen-bond acceptors (Lipinski definition) is 3. The number of rotatable bonds is 5. The second-order valence-electron chi connectivity index (χ2n) is 5.06. The highest BCUT2D eigenvalue weighted by molar-refractivity contribution is 7.92. The zero-order valence-electron chi connectivity index (χ0n) is 10.5. The summed E-state index contributed by atoms with van der Waals surface area (Å²) in [5, 5.41) is -0.121. The summed E-state index contributed by atoms with van der Waals surface area (Å²) in [7, 11) is -2.96. The van der Waals surface area contributed by atoms with Gasteiger partial charge in [0, 0.05) is 6.04 Å². The summed E-state index contributed by atoms with van der Waals surface area (Å²) in [5.41, 5.74) is 5.75. The van der Waals surface area contributed by atoms with Gasteiger partial charge in [0.2, 0.25) is 0 Å². The van der Waals surface area contributed by atoms with Crippen molar-refractivity contribution < 1.29 is 8.42 Å². The van der Waals surface area contributed by atoms with Gasteiger partial charge in [0.25, 0.3) is 0 Å². The van der Waals surface area contributed by atoms with Crippen molar-refractivity contribution in [1.82, 2.24) is 0 Å². The fraction of sp³-hybridized carbons (Fsp3) is 1.00. The summed E-state index contributed by atoms with van der Waals surface area (Å²) in [4.78, 5) is 0. The Morgan fingerprint density at radius 2 is 2.00 bits per heavy atom. The number of sulfone groups is 1. The summed E-state index contributed by atoms with van der Waals surface area (Å²) >= 11 is 0. The van der Waals surface area contributed by atoms with Crippen LogP contribution in [-0.2, 0) is 9.84 Å². The van der Waals surface area contributed by atoms with Crippen molar-refractivity contribution in [3.05, 3.63) is 0 Å². The van der Waals surface area contributed by atoms with Crippen molar-refractivity contribution >= 4 is 9.84 Å². The first-order valence-corrected chi connectivity index (χ1v) is 8.18. The molecular weight excluding hydrogens is 222 g/mol. The average molecular weight is 247 g/mol. The third kappa shape index (κ3) is 3.74. The standard InChI is InChI=1S/C12H25NO2S/c1-3-10-6-5-7-12(8-10)16(14,15)9-11(13)4-2/h10-12H,3-9,13H2,1-2H3. The molecule has 0 aromatic heterocycles. The van der Waals surface area contributed by atoms with Crippen LogP contribution in [0.15, 0.2) is 0 Å². The van der Waals surface area contributed by atoms with Gasteiger partial charge in [0.1, 0.15) is 0 Å². The molecule has 0 aromatic rings. The van der Waals surface area contributed by atoms with Crippen LogP contribution in [0.3, 0.4) is 0 Å². The molecule has 0 spiro atoms. The van der Waals surface area contributed by atoms with E-state index in [9.17, 15) is 8.42 Å². The Bertz CT molecular complexity index is 300. The summed E-state index contributed by atoms with van der Waals surface area (Å²) in [5.74, 6) is 0.774. The third-order valence-electron chi connectivity index (χ3n) is 3.79. The number of hydrogen-bond donors (Lipinski definition) is 1. The van der Waals surface area contributed by atoms with Crippen LogP contribution >= 0.6 is 0 Å². The molecule has 0 bridgehead atoms. The molecule has 16 heavy (non-hydrogen) atoms. The van der Waals surface area contributed by atoms with E-state index in [0.29, 0.717) is 5.92 Å². The minimum Gasteiger partial charge on any atom is -0.327 e. The predicted octanol–water partition coefficient (Wildman–Crippen LogP) is 2.11. The zero-order chi connectivity index (χ0) is 12.2. The molecule has 0 aliphatic heterocycles. The van der Waals surface area contributed by atoms with Crippen LogP contribution in [0.4, 0.5) is 0 Å². The average Bonchev–Trinajstić information content (AvgIpc) is 2.28. The first-order valence-electron chi connectivity index (χ1n) is 6.46. The second-order valence-corrected chi connectivity index (χ2v) is 7.39. The lowest BCUT2D eigenvalue weighted by molar-refractivity contribution is 0.348. The van der Waals surface area contributed by atoms with E-state index in [2.05, 4.69) is 6.92 Å². The summed E-state index contributed by atoms with van der Waals surface area (Å²) < 4.78 is 24.3. The Morgan fingerprint density at radius 1 is 1.31 bits per heavy atom. The van der Waals surface area contributed by atoms with Gasteiger partial charge in [0.05, 0.1) is 11.0 Å². The van der Waals surface area contributed by atoms with E-state index in [1.807, 2.05) is 6.92 Å². The van der Waals surface area contributed by atoms with E-state index in [1.165, 1.54) is 6.42 Å². The maximum Gasteiger partial charge on any atom is 0.154 e. The minimum atomic E-state index is -2.96. The quantitative estimate of drug-likeness (QED) is 0.809. The van der Waals surface area contributed by atoms with Crippen LogP contribution in [0.5, 0.6) is 0 Å². The van der Waals surface area contributed by atoms with Gasteiger partial charge in [-0.25, -0.2) is 8.42 Å². The molecule has 0 aromatic carbocycles. The lowest BCUT2D eigenvalue weighted by Crippen LogP contribution is -2.37. The summed E-state index contributed by atoms with van der Waals surface area (Å²) in [6, 6.07) is -0.188. The Labute approximate surface area is 99.7 Å². The van der Waals surface area contributed by atoms with Gasteiger partial charge in [-0.15, -0.1) is 0 Å². The topological polar surface area (TPSA) is 60.2 Å². The van der Waals surface area contributed by atoms with Crippen LogP contribution in [0, 0.1) is 5.92 Å². The molecule has 2 N–H and O–H groups in total. The predicted molar refractivity (Wildman–Crippen MR) is 68.1 cm³/mol. The molecule has 4 heteroatoms. The van der Waals surface area contributed by atoms with Crippen LogP contribution in [0.25, 0.3) is 0 Å². The fourth-order valence-electron chi connectivity index (χ4n) is 2.49. The Hall–Kier alpha value is -0.0900. The van der Waals surface area contributed by atoms with Gasteiger partial charge in [-0.3, -0.25) is 0 Å². The van der Waals surface area contributed by atoms with E-state index >= 15 is 0 Å². The van der Waals surface area contributed by atoms with Crippen LogP contribution in [0.2, 0.25) is 0 Å². The highest BCUT2D eigenvalue weighted by Crippen LogP contribution is 2.31. The summed E-state index contributed by atoms with van der Waals surface area (Å²) in [6.07, 6.45) is 5.80. The Balaban J connectivity index is 2.61. The van der Waals surface area contributed by atoms with Crippen molar-refractivity contribution in [2.75, 3.05) is 5.75 Å². The van der Waals surface area contributed by atoms with Gasteiger partial charge in [0.15, 0.2) is 9.84 Å². The third-order valence-corrected chi connectivity index (χ3v) is 6.13. The minimum absolute atomic E-state index is 0.121. The molecule has 96 valence electrons. The molecule has 0 radical (unpaired) electrons. The van der Waals surface area contributed by atoms with Gasteiger partial charge >= 0.3 is 0 Å². The first-order chi connectivity index (χ1) is 7.49. The lowest BCUT2D eigenvalue weighted by Gasteiger charge is -2.28. The molecule has 3 atom stereocenters. The first kappa shape index (κ1) is 14.0. The lowest BCUT2D eigenvalue weighted by atomic mass is 9.87. The largest absolute Gasteiger partial charge is 0.327 e. The normalized spacial score (nSPS) is 28.9. The zero-order valence-corrected chi connectivity index (χ0v) is 11.3. The Morgan fingerprint density at radius 3 is 2.56 bits per heavy atom. The van der Waals surface area contributed by atoms with Crippen molar-refractivity contribution in [3.8, 4) is 0 Å².